The van der Waals surface area contributed by atoms with Crippen LogP contribution in [0.4, 0.5) is 0 Å². The maximum absolute atomic E-state index is 14.4. The number of unbranched alkanes of at least 4 members (excludes halogenated alkanes) is 1. The Bertz CT molecular complexity index is 1870. The maximum Gasteiger partial charge on any atom is 0.331 e. The molecule has 5 rings (SSSR count). The number of aromatic nitrogens is 1. The molecule has 0 bridgehead atoms. The van der Waals surface area contributed by atoms with Crippen LogP contribution in [0.5, 0.6) is 0 Å². The van der Waals surface area contributed by atoms with Crippen LogP contribution in [0, 0.1) is 26.7 Å². The monoisotopic (exact) mass is 574 g/mol. The van der Waals surface area contributed by atoms with E-state index in [2.05, 4.69) is 79.0 Å². The van der Waals surface area contributed by atoms with Gasteiger partial charge in [-0.15, -0.1) is 0 Å². The topological polar surface area (TPSA) is 60.7 Å². The van der Waals surface area contributed by atoms with Gasteiger partial charge in [-0.25, -0.2) is 4.79 Å². The van der Waals surface area contributed by atoms with Gasteiger partial charge in [0.05, 0.1) is 11.2 Å². The standard InChI is InChI=1S/C38H42N2O3/c1-8-10-13-28(9-2)22-40-35-17-16-29(26(6)39-43-27(7)41)20-32(35)33-21-34(30-14-11-12-15-31(30)37(33)40)38(42)36-24(4)18-23(3)19-25(36)5/h11-12,14-21,28H,8-10,13,22H2,1-7H3. The minimum absolute atomic E-state index is 0.0483. The number of hydrogen-bond acceptors (Lipinski definition) is 4. The zero-order valence-corrected chi connectivity index (χ0v) is 26.5. The van der Waals surface area contributed by atoms with Crippen molar-refractivity contribution in [1.29, 1.82) is 0 Å². The maximum atomic E-state index is 14.4. The van der Waals surface area contributed by atoms with Gasteiger partial charge in [-0.2, -0.15) is 0 Å². The van der Waals surface area contributed by atoms with Crippen molar-refractivity contribution in [2.45, 2.75) is 80.7 Å². The lowest BCUT2D eigenvalue weighted by Crippen LogP contribution is -2.11. The molecule has 0 aliphatic carbocycles. The molecular weight excluding hydrogens is 532 g/mol. The lowest BCUT2D eigenvalue weighted by atomic mass is 9.89. The van der Waals surface area contributed by atoms with E-state index in [1.807, 2.05) is 32.9 Å². The minimum atomic E-state index is -0.453. The van der Waals surface area contributed by atoms with E-state index in [1.165, 1.54) is 26.2 Å². The Labute approximate surface area is 254 Å². The Morgan fingerprint density at radius 3 is 2.21 bits per heavy atom. The van der Waals surface area contributed by atoms with E-state index in [0.29, 0.717) is 17.2 Å². The molecule has 4 aromatic carbocycles. The molecule has 1 unspecified atom stereocenters. The molecule has 5 heteroatoms. The van der Waals surface area contributed by atoms with Gasteiger partial charge in [-0.1, -0.05) is 86.3 Å². The van der Waals surface area contributed by atoms with Gasteiger partial charge in [-0.3, -0.25) is 4.79 Å². The van der Waals surface area contributed by atoms with Crippen molar-refractivity contribution in [2.24, 2.45) is 11.1 Å². The van der Waals surface area contributed by atoms with Gasteiger partial charge >= 0.3 is 5.97 Å². The Balaban J connectivity index is 1.83. The van der Waals surface area contributed by atoms with Crippen molar-refractivity contribution >= 4 is 50.0 Å². The first-order chi connectivity index (χ1) is 20.6. The van der Waals surface area contributed by atoms with Crippen LogP contribution in [-0.4, -0.2) is 22.0 Å². The molecule has 0 aliphatic heterocycles. The molecule has 0 amide bonds. The van der Waals surface area contributed by atoms with Gasteiger partial charge in [0.15, 0.2) is 5.78 Å². The van der Waals surface area contributed by atoms with Crippen molar-refractivity contribution in [2.75, 3.05) is 0 Å². The highest BCUT2D eigenvalue weighted by Gasteiger charge is 2.23. The molecule has 0 radical (unpaired) electrons. The summed E-state index contributed by atoms with van der Waals surface area (Å²) in [4.78, 5) is 30.8. The number of fused-ring (bicyclic) bond motifs is 5. The van der Waals surface area contributed by atoms with Crippen molar-refractivity contribution in [3.8, 4) is 0 Å². The quantitative estimate of drug-likeness (QED) is 0.0722. The fourth-order valence-electron chi connectivity index (χ4n) is 6.60. The number of benzene rings is 4. The molecule has 1 aromatic heterocycles. The molecule has 0 fully saturated rings. The number of carbonyl (C=O) groups excluding carboxylic acids is 2. The summed E-state index contributed by atoms with van der Waals surface area (Å²) in [7, 11) is 0. The first kappa shape index (κ1) is 30.2. The summed E-state index contributed by atoms with van der Waals surface area (Å²) in [5, 5.41) is 8.21. The lowest BCUT2D eigenvalue weighted by Gasteiger charge is -2.19. The molecule has 0 N–H and O–H groups in total. The smallest absolute Gasteiger partial charge is 0.331 e. The van der Waals surface area contributed by atoms with Gasteiger partial charge in [0, 0.05) is 46.3 Å². The number of carbonyl (C=O) groups is 2. The Hall–Kier alpha value is -4.25. The first-order valence-electron chi connectivity index (χ1n) is 15.5. The molecule has 0 spiro atoms. The van der Waals surface area contributed by atoms with E-state index in [9.17, 15) is 9.59 Å². The Morgan fingerprint density at radius 2 is 1.56 bits per heavy atom. The van der Waals surface area contributed by atoms with Crippen LogP contribution >= 0.6 is 0 Å². The predicted molar refractivity (Wildman–Crippen MR) is 178 cm³/mol. The zero-order valence-electron chi connectivity index (χ0n) is 26.5. The molecule has 0 saturated carbocycles. The fraction of sp³-hybridized carbons (Fsp3) is 0.342. The third-order valence-corrected chi connectivity index (χ3v) is 8.73. The van der Waals surface area contributed by atoms with Gasteiger partial charge in [0.1, 0.15) is 0 Å². The van der Waals surface area contributed by atoms with Crippen LogP contribution in [0.1, 0.15) is 91.6 Å². The highest BCUT2D eigenvalue weighted by atomic mass is 16.7. The molecule has 1 atom stereocenters. The number of nitrogens with zero attached hydrogens (tertiary/aromatic N) is 2. The molecule has 5 nitrogen and oxygen atoms in total. The summed E-state index contributed by atoms with van der Waals surface area (Å²) in [6, 6.07) is 20.9. The second kappa shape index (κ2) is 12.5. The normalized spacial score (nSPS) is 12.8. The van der Waals surface area contributed by atoms with E-state index in [-0.39, 0.29) is 5.78 Å². The molecular formula is C38H42N2O3. The molecule has 222 valence electrons. The number of ketones is 1. The fourth-order valence-corrected chi connectivity index (χ4v) is 6.60. The van der Waals surface area contributed by atoms with Crippen molar-refractivity contribution in [3.05, 3.63) is 94.0 Å². The average Bonchev–Trinajstić information content (AvgIpc) is 3.29. The molecule has 0 aliphatic rings. The molecule has 0 saturated heterocycles. The SMILES string of the molecule is CCCCC(CC)Cn1c2ccc(C(C)=NOC(C)=O)cc2c2cc(C(=O)c3c(C)cc(C)cc3C)c3ccccc3c21. The first-order valence-corrected chi connectivity index (χ1v) is 15.5. The summed E-state index contributed by atoms with van der Waals surface area (Å²) in [6.45, 7) is 14.7. The zero-order chi connectivity index (χ0) is 30.8. The van der Waals surface area contributed by atoms with Crippen LogP contribution in [0.15, 0.2) is 65.8 Å². The number of rotatable bonds is 10. The van der Waals surface area contributed by atoms with Crippen LogP contribution in [0.3, 0.4) is 0 Å². The lowest BCUT2D eigenvalue weighted by molar-refractivity contribution is -0.140. The summed E-state index contributed by atoms with van der Waals surface area (Å²) >= 11 is 0. The Kier molecular flexibility index (Phi) is 8.82. The van der Waals surface area contributed by atoms with Crippen molar-refractivity contribution in [1.82, 2.24) is 4.57 Å². The van der Waals surface area contributed by atoms with E-state index in [4.69, 9.17) is 4.84 Å². The summed E-state index contributed by atoms with van der Waals surface area (Å²) in [5.74, 6) is 0.141. The van der Waals surface area contributed by atoms with Crippen LogP contribution in [0.2, 0.25) is 0 Å². The second-order valence-electron chi connectivity index (χ2n) is 12.0. The minimum Gasteiger partial charge on any atom is -0.340 e. The molecule has 43 heavy (non-hydrogen) atoms. The predicted octanol–water partition coefficient (Wildman–Crippen LogP) is 9.61. The summed E-state index contributed by atoms with van der Waals surface area (Å²) < 4.78 is 2.47. The third kappa shape index (κ3) is 5.86. The highest BCUT2D eigenvalue weighted by molar-refractivity contribution is 6.26. The summed E-state index contributed by atoms with van der Waals surface area (Å²) in [6.07, 6.45) is 4.68. The van der Waals surface area contributed by atoms with Gasteiger partial charge < -0.3 is 9.40 Å². The number of hydrogen-bond donors (Lipinski definition) is 0. The van der Waals surface area contributed by atoms with E-state index < -0.39 is 5.97 Å². The van der Waals surface area contributed by atoms with Gasteiger partial charge in [0.2, 0.25) is 0 Å². The average molecular weight is 575 g/mol. The summed E-state index contributed by atoms with van der Waals surface area (Å²) in [5.41, 5.74) is 8.41. The molecule has 1 heterocycles. The van der Waals surface area contributed by atoms with Gasteiger partial charge in [-0.05, 0) is 80.3 Å². The van der Waals surface area contributed by atoms with Crippen LogP contribution in [0.25, 0.3) is 32.6 Å². The number of oxime groups is 1. The van der Waals surface area contributed by atoms with E-state index >= 15 is 0 Å². The van der Waals surface area contributed by atoms with Crippen molar-refractivity contribution in [3.63, 3.8) is 0 Å². The van der Waals surface area contributed by atoms with Crippen molar-refractivity contribution < 1.29 is 14.4 Å². The second-order valence-corrected chi connectivity index (χ2v) is 12.0. The van der Waals surface area contributed by atoms with E-state index in [0.717, 1.165) is 73.4 Å². The van der Waals surface area contributed by atoms with Crippen LogP contribution in [-0.2, 0) is 16.2 Å². The largest absolute Gasteiger partial charge is 0.340 e. The Morgan fingerprint density at radius 1 is 0.860 bits per heavy atom. The van der Waals surface area contributed by atoms with Gasteiger partial charge in [0.25, 0.3) is 0 Å². The van der Waals surface area contributed by atoms with Crippen LogP contribution < -0.4 is 0 Å². The third-order valence-electron chi connectivity index (χ3n) is 8.73. The van der Waals surface area contributed by atoms with E-state index in [1.54, 1.807) is 0 Å². The highest BCUT2D eigenvalue weighted by Crippen LogP contribution is 2.39. The molecule has 5 aromatic rings. The number of aryl methyl sites for hydroxylation is 3.